The molecular formula is C13H21N. The summed E-state index contributed by atoms with van der Waals surface area (Å²) in [7, 11) is 0. The highest BCUT2D eigenvalue weighted by molar-refractivity contribution is 5.33. The van der Waals surface area contributed by atoms with Gasteiger partial charge in [0.05, 0.1) is 0 Å². The smallest absolute Gasteiger partial charge is 0.00393 e. The highest BCUT2D eigenvalue weighted by Gasteiger charge is 2.03. The van der Waals surface area contributed by atoms with Gasteiger partial charge in [0, 0.05) is 6.04 Å². The summed E-state index contributed by atoms with van der Waals surface area (Å²) in [6, 6.07) is 6.87. The quantitative estimate of drug-likeness (QED) is 0.778. The third kappa shape index (κ3) is 2.85. The van der Waals surface area contributed by atoms with Crippen LogP contribution in [0.25, 0.3) is 0 Å². The lowest BCUT2D eigenvalue weighted by molar-refractivity contribution is 0.595. The van der Waals surface area contributed by atoms with Gasteiger partial charge in [-0.2, -0.15) is 0 Å². The zero-order valence-electron chi connectivity index (χ0n) is 9.51. The molecule has 14 heavy (non-hydrogen) atoms. The third-order valence-electron chi connectivity index (χ3n) is 3.03. The Morgan fingerprint density at radius 2 is 2.00 bits per heavy atom. The van der Waals surface area contributed by atoms with Crippen molar-refractivity contribution in [3.8, 4) is 0 Å². The minimum atomic E-state index is 0.356. The molecule has 2 N–H and O–H groups in total. The van der Waals surface area contributed by atoms with E-state index in [2.05, 4.69) is 39.0 Å². The van der Waals surface area contributed by atoms with E-state index in [-0.39, 0.29) is 0 Å². The fraction of sp³-hybridized carbons (Fsp3) is 0.538. The molecule has 0 heterocycles. The molecule has 1 nitrogen and oxygen atoms in total. The second kappa shape index (κ2) is 5.16. The fourth-order valence-corrected chi connectivity index (χ4v) is 1.63. The van der Waals surface area contributed by atoms with Crippen LogP contribution in [-0.2, 0) is 6.42 Å². The molecule has 0 aliphatic rings. The van der Waals surface area contributed by atoms with Crippen LogP contribution >= 0.6 is 0 Å². The standard InChI is InChI=1S/C13H21N/c1-4-13(14)9-8-12-7-5-6-10(2)11(12)3/h5-7,13H,4,8-9,14H2,1-3H3. The molecule has 0 spiro atoms. The van der Waals surface area contributed by atoms with Crippen molar-refractivity contribution >= 4 is 0 Å². The van der Waals surface area contributed by atoms with Gasteiger partial charge in [0.2, 0.25) is 0 Å². The summed E-state index contributed by atoms with van der Waals surface area (Å²) in [6.07, 6.45) is 3.29. The molecule has 0 fully saturated rings. The van der Waals surface area contributed by atoms with E-state index in [0.717, 1.165) is 19.3 Å². The number of hydrogen-bond acceptors (Lipinski definition) is 1. The van der Waals surface area contributed by atoms with Crippen LogP contribution in [0.1, 0.15) is 36.5 Å². The van der Waals surface area contributed by atoms with Gasteiger partial charge in [-0.05, 0) is 49.8 Å². The van der Waals surface area contributed by atoms with Crippen molar-refractivity contribution in [2.24, 2.45) is 5.73 Å². The van der Waals surface area contributed by atoms with Gasteiger partial charge in [0.25, 0.3) is 0 Å². The molecule has 1 heteroatoms. The first-order valence-electron chi connectivity index (χ1n) is 5.45. The van der Waals surface area contributed by atoms with E-state index in [1.54, 1.807) is 0 Å². The van der Waals surface area contributed by atoms with Crippen LogP contribution in [0.3, 0.4) is 0 Å². The monoisotopic (exact) mass is 191 g/mol. The summed E-state index contributed by atoms with van der Waals surface area (Å²) in [5.41, 5.74) is 10.2. The minimum Gasteiger partial charge on any atom is -0.328 e. The van der Waals surface area contributed by atoms with Crippen LogP contribution in [0, 0.1) is 13.8 Å². The SMILES string of the molecule is CCC(N)CCc1cccc(C)c1C. The average molecular weight is 191 g/mol. The molecule has 0 amide bonds. The Morgan fingerprint density at radius 3 is 2.64 bits per heavy atom. The molecular weight excluding hydrogens is 170 g/mol. The zero-order chi connectivity index (χ0) is 10.6. The molecule has 0 aromatic heterocycles. The van der Waals surface area contributed by atoms with E-state index in [1.165, 1.54) is 16.7 Å². The lowest BCUT2D eigenvalue weighted by Crippen LogP contribution is -2.19. The summed E-state index contributed by atoms with van der Waals surface area (Å²) >= 11 is 0. The van der Waals surface area contributed by atoms with E-state index in [9.17, 15) is 0 Å². The lowest BCUT2D eigenvalue weighted by Gasteiger charge is -2.11. The Balaban J connectivity index is 2.63. The van der Waals surface area contributed by atoms with Gasteiger partial charge in [-0.15, -0.1) is 0 Å². The number of rotatable bonds is 4. The van der Waals surface area contributed by atoms with Crippen molar-refractivity contribution in [1.82, 2.24) is 0 Å². The fourth-order valence-electron chi connectivity index (χ4n) is 1.63. The Labute approximate surface area is 87.3 Å². The molecule has 0 saturated carbocycles. The van der Waals surface area contributed by atoms with Crippen molar-refractivity contribution in [3.05, 3.63) is 34.9 Å². The number of aryl methyl sites for hydroxylation is 2. The molecule has 0 bridgehead atoms. The van der Waals surface area contributed by atoms with Crippen LogP contribution in [0.5, 0.6) is 0 Å². The first-order chi connectivity index (χ1) is 6.65. The molecule has 1 aromatic rings. The van der Waals surface area contributed by atoms with Crippen molar-refractivity contribution in [2.45, 2.75) is 46.1 Å². The predicted molar refractivity (Wildman–Crippen MR) is 62.5 cm³/mol. The van der Waals surface area contributed by atoms with Crippen molar-refractivity contribution in [1.29, 1.82) is 0 Å². The Bertz CT molecular complexity index is 291. The molecule has 0 aliphatic carbocycles. The van der Waals surface area contributed by atoms with Gasteiger partial charge >= 0.3 is 0 Å². The average Bonchev–Trinajstić information content (AvgIpc) is 2.20. The normalized spacial score (nSPS) is 12.9. The Kier molecular flexibility index (Phi) is 4.15. The lowest BCUT2D eigenvalue weighted by atomic mass is 9.97. The Hall–Kier alpha value is -0.820. The highest BCUT2D eigenvalue weighted by atomic mass is 14.6. The van der Waals surface area contributed by atoms with Crippen LogP contribution in [-0.4, -0.2) is 6.04 Å². The summed E-state index contributed by atoms with van der Waals surface area (Å²) in [4.78, 5) is 0. The third-order valence-corrected chi connectivity index (χ3v) is 3.03. The molecule has 0 saturated heterocycles. The van der Waals surface area contributed by atoms with E-state index in [0.29, 0.717) is 6.04 Å². The molecule has 78 valence electrons. The summed E-state index contributed by atoms with van der Waals surface area (Å²) in [6.45, 7) is 6.51. The van der Waals surface area contributed by atoms with Crippen molar-refractivity contribution in [3.63, 3.8) is 0 Å². The van der Waals surface area contributed by atoms with E-state index < -0.39 is 0 Å². The van der Waals surface area contributed by atoms with Gasteiger partial charge in [0.15, 0.2) is 0 Å². The second-order valence-corrected chi connectivity index (χ2v) is 4.07. The molecule has 0 aliphatic heterocycles. The van der Waals surface area contributed by atoms with E-state index >= 15 is 0 Å². The minimum absolute atomic E-state index is 0.356. The topological polar surface area (TPSA) is 26.0 Å². The molecule has 1 unspecified atom stereocenters. The maximum atomic E-state index is 5.91. The van der Waals surface area contributed by atoms with Crippen molar-refractivity contribution < 1.29 is 0 Å². The summed E-state index contributed by atoms with van der Waals surface area (Å²) in [5.74, 6) is 0. The summed E-state index contributed by atoms with van der Waals surface area (Å²) in [5, 5.41) is 0. The van der Waals surface area contributed by atoms with Crippen molar-refractivity contribution in [2.75, 3.05) is 0 Å². The highest BCUT2D eigenvalue weighted by Crippen LogP contribution is 2.15. The maximum Gasteiger partial charge on any atom is 0.00393 e. The maximum absolute atomic E-state index is 5.91. The van der Waals surface area contributed by atoms with Gasteiger partial charge in [-0.1, -0.05) is 25.1 Å². The Morgan fingerprint density at radius 1 is 1.29 bits per heavy atom. The van der Waals surface area contributed by atoms with Gasteiger partial charge in [0.1, 0.15) is 0 Å². The van der Waals surface area contributed by atoms with Crippen LogP contribution in [0.4, 0.5) is 0 Å². The zero-order valence-corrected chi connectivity index (χ0v) is 9.51. The first-order valence-corrected chi connectivity index (χ1v) is 5.45. The molecule has 1 atom stereocenters. The largest absolute Gasteiger partial charge is 0.328 e. The number of hydrogen-bond donors (Lipinski definition) is 1. The van der Waals surface area contributed by atoms with E-state index in [4.69, 9.17) is 5.73 Å². The van der Waals surface area contributed by atoms with Crippen LogP contribution < -0.4 is 5.73 Å². The first kappa shape index (κ1) is 11.3. The van der Waals surface area contributed by atoms with Gasteiger partial charge in [-0.3, -0.25) is 0 Å². The summed E-state index contributed by atoms with van der Waals surface area (Å²) < 4.78 is 0. The van der Waals surface area contributed by atoms with Gasteiger partial charge in [-0.25, -0.2) is 0 Å². The molecule has 1 rings (SSSR count). The predicted octanol–water partition coefficient (Wildman–Crippen LogP) is 2.97. The molecule has 0 radical (unpaired) electrons. The van der Waals surface area contributed by atoms with Crippen LogP contribution in [0.15, 0.2) is 18.2 Å². The number of benzene rings is 1. The van der Waals surface area contributed by atoms with Crippen LogP contribution in [0.2, 0.25) is 0 Å². The number of nitrogens with two attached hydrogens (primary N) is 1. The second-order valence-electron chi connectivity index (χ2n) is 4.07. The molecule has 1 aromatic carbocycles. The van der Waals surface area contributed by atoms with Gasteiger partial charge < -0.3 is 5.73 Å². The van der Waals surface area contributed by atoms with E-state index in [1.807, 2.05) is 0 Å².